The number of rotatable bonds is 5. The molecule has 0 aliphatic carbocycles. The predicted octanol–water partition coefficient (Wildman–Crippen LogP) is 3.34. The molecule has 0 fully saturated rings. The zero-order chi connectivity index (χ0) is 13.1. The molecule has 18 heavy (non-hydrogen) atoms. The third-order valence-electron chi connectivity index (χ3n) is 2.41. The molecule has 2 aromatic rings. The van der Waals surface area contributed by atoms with E-state index in [4.69, 9.17) is 9.52 Å². The van der Waals surface area contributed by atoms with E-state index in [2.05, 4.69) is 4.98 Å². The molecule has 0 aliphatic heterocycles. The number of carboxylic acids is 1. The van der Waals surface area contributed by atoms with Crippen LogP contribution in [0, 0.1) is 13.8 Å². The molecule has 0 unspecified atom stereocenters. The molecule has 0 saturated carbocycles. The number of thiophene rings is 1. The Kier molecular flexibility index (Phi) is 4.08. The molecule has 0 saturated heterocycles. The van der Waals surface area contributed by atoms with Crippen LogP contribution in [0.25, 0.3) is 10.8 Å². The Labute approximate surface area is 113 Å². The molecule has 0 atom stereocenters. The first kappa shape index (κ1) is 13.2. The highest BCUT2D eigenvalue weighted by molar-refractivity contribution is 7.99. The van der Waals surface area contributed by atoms with Gasteiger partial charge in [-0.3, -0.25) is 4.79 Å². The van der Waals surface area contributed by atoms with Crippen molar-refractivity contribution in [3.63, 3.8) is 0 Å². The third-order valence-corrected chi connectivity index (χ3v) is 4.35. The van der Waals surface area contributed by atoms with Crippen molar-refractivity contribution in [2.75, 3.05) is 5.75 Å². The number of aryl methyl sites for hydroxylation is 2. The zero-order valence-electron chi connectivity index (χ0n) is 10.1. The van der Waals surface area contributed by atoms with Crippen LogP contribution in [0.1, 0.15) is 17.0 Å². The fourth-order valence-electron chi connectivity index (χ4n) is 1.49. The Hall–Kier alpha value is -1.27. The van der Waals surface area contributed by atoms with Gasteiger partial charge in [0.05, 0.1) is 16.3 Å². The molecule has 0 radical (unpaired) electrons. The van der Waals surface area contributed by atoms with Crippen molar-refractivity contribution in [3.8, 4) is 10.8 Å². The summed E-state index contributed by atoms with van der Waals surface area (Å²) in [6.45, 7) is 3.88. The van der Waals surface area contributed by atoms with E-state index in [1.807, 2.05) is 25.3 Å². The van der Waals surface area contributed by atoms with Crippen molar-refractivity contribution in [2.45, 2.75) is 19.6 Å². The molecule has 1 N–H and O–H groups in total. The lowest BCUT2D eigenvalue weighted by molar-refractivity contribution is -0.133. The fraction of sp³-hybridized carbons (Fsp3) is 0.333. The summed E-state index contributed by atoms with van der Waals surface area (Å²) < 4.78 is 5.64. The molecule has 0 spiro atoms. The Bertz CT molecular complexity index is 559. The molecule has 2 aromatic heterocycles. The Morgan fingerprint density at radius 3 is 2.94 bits per heavy atom. The smallest absolute Gasteiger partial charge is 0.313 e. The van der Waals surface area contributed by atoms with Gasteiger partial charge < -0.3 is 9.52 Å². The molecular weight excluding hydrogens is 270 g/mol. The van der Waals surface area contributed by atoms with Gasteiger partial charge in [0.15, 0.2) is 0 Å². The molecule has 0 aromatic carbocycles. The molecule has 2 rings (SSSR count). The van der Waals surface area contributed by atoms with E-state index in [-0.39, 0.29) is 5.75 Å². The van der Waals surface area contributed by atoms with E-state index in [0.717, 1.165) is 21.9 Å². The number of nitrogens with zero attached hydrogens (tertiary/aromatic N) is 1. The van der Waals surface area contributed by atoms with E-state index < -0.39 is 5.97 Å². The lowest BCUT2D eigenvalue weighted by Gasteiger charge is -1.94. The average Bonchev–Trinajstić information content (AvgIpc) is 2.85. The second kappa shape index (κ2) is 5.58. The highest BCUT2D eigenvalue weighted by Crippen LogP contribution is 2.30. The maximum absolute atomic E-state index is 10.4. The molecule has 2 heterocycles. The fourth-order valence-corrected chi connectivity index (χ4v) is 3.07. The zero-order valence-corrected chi connectivity index (χ0v) is 11.7. The number of hydrogen-bond donors (Lipinski definition) is 1. The van der Waals surface area contributed by atoms with Crippen molar-refractivity contribution in [2.24, 2.45) is 0 Å². The molecule has 96 valence electrons. The largest absolute Gasteiger partial charge is 0.481 e. The first-order valence-corrected chi connectivity index (χ1v) is 7.41. The SMILES string of the molecule is Cc1ccsc1-c1nc(CSCC(=O)O)c(C)o1. The van der Waals surface area contributed by atoms with Gasteiger partial charge in [0.1, 0.15) is 5.76 Å². The molecular formula is C12H13NO3S2. The van der Waals surface area contributed by atoms with Crippen LogP contribution in [-0.2, 0) is 10.5 Å². The molecule has 6 heteroatoms. The molecule has 0 bridgehead atoms. The van der Waals surface area contributed by atoms with Crippen LogP contribution >= 0.6 is 23.1 Å². The highest BCUT2D eigenvalue weighted by atomic mass is 32.2. The quantitative estimate of drug-likeness (QED) is 0.911. The number of hydrogen-bond acceptors (Lipinski definition) is 5. The third kappa shape index (κ3) is 2.94. The number of aliphatic carboxylic acids is 1. The lowest BCUT2D eigenvalue weighted by atomic mass is 10.3. The van der Waals surface area contributed by atoms with Crippen LogP contribution in [0.15, 0.2) is 15.9 Å². The predicted molar refractivity (Wildman–Crippen MR) is 73.1 cm³/mol. The van der Waals surface area contributed by atoms with Crippen LogP contribution in [0.3, 0.4) is 0 Å². The number of thioether (sulfide) groups is 1. The topological polar surface area (TPSA) is 63.3 Å². The van der Waals surface area contributed by atoms with E-state index >= 15 is 0 Å². The van der Waals surface area contributed by atoms with E-state index in [9.17, 15) is 4.79 Å². The number of aromatic nitrogens is 1. The Morgan fingerprint density at radius 2 is 2.33 bits per heavy atom. The summed E-state index contributed by atoms with van der Waals surface area (Å²) in [6.07, 6.45) is 0. The summed E-state index contributed by atoms with van der Waals surface area (Å²) in [5, 5.41) is 10.6. The summed E-state index contributed by atoms with van der Waals surface area (Å²) >= 11 is 2.92. The number of oxazole rings is 1. The van der Waals surface area contributed by atoms with Gasteiger partial charge in [-0.25, -0.2) is 4.98 Å². The van der Waals surface area contributed by atoms with Gasteiger partial charge in [-0.1, -0.05) is 0 Å². The first-order chi connectivity index (χ1) is 8.58. The Morgan fingerprint density at radius 1 is 1.56 bits per heavy atom. The minimum atomic E-state index is -0.810. The van der Waals surface area contributed by atoms with Crippen LogP contribution in [0.5, 0.6) is 0 Å². The van der Waals surface area contributed by atoms with Gasteiger partial charge in [-0.05, 0) is 30.9 Å². The van der Waals surface area contributed by atoms with E-state index in [1.54, 1.807) is 11.3 Å². The average molecular weight is 283 g/mol. The minimum absolute atomic E-state index is 0.0830. The second-order valence-corrected chi connectivity index (χ2v) is 5.74. The highest BCUT2D eigenvalue weighted by Gasteiger charge is 2.14. The summed E-state index contributed by atoms with van der Waals surface area (Å²) in [7, 11) is 0. The van der Waals surface area contributed by atoms with Gasteiger partial charge >= 0.3 is 5.97 Å². The van der Waals surface area contributed by atoms with Crippen LogP contribution < -0.4 is 0 Å². The van der Waals surface area contributed by atoms with Gasteiger partial charge in [0.2, 0.25) is 5.89 Å². The van der Waals surface area contributed by atoms with Crippen molar-refractivity contribution in [3.05, 3.63) is 28.5 Å². The normalized spacial score (nSPS) is 10.8. The maximum atomic E-state index is 10.4. The first-order valence-electron chi connectivity index (χ1n) is 5.38. The summed E-state index contributed by atoms with van der Waals surface area (Å²) in [4.78, 5) is 15.9. The van der Waals surface area contributed by atoms with Crippen molar-refractivity contribution in [1.82, 2.24) is 4.98 Å². The minimum Gasteiger partial charge on any atom is -0.481 e. The molecule has 0 amide bonds. The van der Waals surface area contributed by atoms with Crippen LogP contribution in [-0.4, -0.2) is 21.8 Å². The Balaban J connectivity index is 2.12. The van der Waals surface area contributed by atoms with Crippen molar-refractivity contribution >= 4 is 29.1 Å². The lowest BCUT2D eigenvalue weighted by Crippen LogP contribution is -1.98. The maximum Gasteiger partial charge on any atom is 0.313 e. The van der Waals surface area contributed by atoms with Gasteiger partial charge in [0, 0.05) is 5.75 Å². The van der Waals surface area contributed by atoms with Crippen LogP contribution in [0.2, 0.25) is 0 Å². The summed E-state index contributed by atoms with van der Waals surface area (Å²) in [5.41, 5.74) is 1.97. The number of carboxylic acid groups (broad SMARTS) is 1. The van der Waals surface area contributed by atoms with Crippen molar-refractivity contribution < 1.29 is 14.3 Å². The van der Waals surface area contributed by atoms with Gasteiger partial charge in [-0.15, -0.1) is 23.1 Å². The van der Waals surface area contributed by atoms with Crippen molar-refractivity contribution in [1.29, 1.82) is 0 Å². The van der Waals surface area contributed by atoms with Gasteiger partial charge in [-0.2, -0.15) is 0 Å². The van der Waals surface area contributed by atoms with Crippen LogP contribution in [0.4, 0.5) is 0 Å². The number of carbonyl (C=O) groups is 1. The summed E-state index contributed by atoms with van der Waals surface area (Å²) in [5.74, 6) is 1.23. The van der Waals surface area contributed by atoms with Gasteiger partial charge in [0.25, 0.3) is 0 Å². The van der Waals surface area contributed by atoms with E-state index in [1.165, 1.54) is 11.8 Å². The molecule has 4 nitrogen and oxygen atoms in total. The standard InChI is InChI=1S/C12H13NO3S2/c1-7-3-4-18-11(7)12-13-9(8(2)16-12)5-17-6-10(14)15/h3-4H,5-6H2,1-2H3,(H,14,15). The summed E-state index contributed by atoms with van der Waals surface area (Å²) in [6, 6.07) is 2.03. The second-order valence-electron chi connectivity index (χ2n) is 3.84. The monoisotopic (exact) mass is 283 g/mol. The van der Waals surface area contributed by atoms with E-state index in [0.29, 0.717) is 11.6 Å². The molecule has 0 aliphatic rings.